The Morgan fingerprint density at radius 3 is 2.37 bits per heavy atom. The fourth-order valence-corrected chi connectivity index (χ4v) is 2.16. The van der Waals surface area contributed by atoms with Crippen LogP contribution in [0.3, 0.4) is 0 Å². The average Bonchev–Trinajstić information content (AvgIpc) is 2.25. The number of carbonyl (C=O) groups is 2. The molecule has 0 aromatic rings. The number of ether oxygens (including phenoxy) is 2. The standard InChI is InChI=1S/C13H22FNO4/c1-9-8-13(14,10(16)18-5)6-7-15(9)11(17)19-12(2,3)4/h9H,6-8H2,1-5H3/t9-,13+/m1/s1. The van der Waals surface area contributed by atoms with E-state index in [1.807, 2.05) is 0 Å². The molecule has 5 nitrogen and oxygen atoms in total. The summed E-state index contributed by atoms with van der Waals surface area (Å²) in [5.74, 6) is -0.872. The zero-order valence-corrected chi connectivity index (χ0v) is 12.2. The van der Waals surface area contributed by atoms with Crippen LogP contribution in [0.4, 0.5) is 9.18 Å². The monoisotopic (exact) mass is 275 g/mol. The molecule has 1 aliphatic rings. The molecule has 1 amide bonds. The number of rotatable bonds is 1. The summed E-state index contributed by atoms with van der Waals surface area (Å²) in [7, 11) is 1.16. The first-order valence-electron chi connectivity index (χ1n) is 6.36. The fraction of sp³-hybridized carbons (Fsp3) is 0.846. The molecule has 1 saturated heterocycles. The first-order chi connectivity index (χ1) is 8.59. The van der Waals surface area contributed by atoms with Gasteiger partial charge in [-0.2, -0.15) is 0 Å². The highest BCUT2D eigenvalue weighted by Gasteiger charge is 2.47. The number of hydrogen-bond donors (Lipinski definition) is 0. The van der Waals surface area contributed by atoms with Gasteiger partial charge in [0.2, 0.25) is 5.67 Å². The Kier molecular flexibility index (Phi) is 4.43. The van der Waals surface area contributed by atoms with Gasteiger partial charge in [0.05, 0.1) is 7.11 Å². The number of amides is 1. The second kappa shape index (κ2) is 5.35. The molecular formula is C13H22FNO4. The Hall–Kier alpha value is -1.33. The van der Waals surface area contributed by atoms with Crippen molar-refractivity contribution >= 4 is 12.1 Å². The Morgan fingerprint density at radius 1 is 1.37 bits per heavy atom. The topological polar surface area (TPSA) is 55.8 Å². The van der Waals surface area contributed by atoms with Crippen molar-refractivity contribution in [1.82, 2.24) is 4.90 Å². The number of alkyl halides is 1. The predicted octanol–water partition coefficient (Wildman–Crippen LogP) is 2.29. The van der Waals surface area contributed by atoms with E-state index in [9.17, 15) is 14.0 Å². The van der Waals surface area contributed by atoms with E-state index in [0.717, 1.165) is 7.11 Å². The average molecular weight is 275 g/mol. The van der Waals surface area contributed by atoms with Crippen LogP contribution in [0.5, 0.6) is 0 Å². The first kappa shape index (κ1) is 15.7. The molecule has 0 aliphatic carbocycles. The molecule has 0 saturated carbocycles. The van der Waals surface area contributed by atoms with Crippen LogP contribution in [0.15, 0.2) is 0 Å². The summed E-state index contributed by atoms with van der Waals surface area (Å²) in [4.78, 5) is 24.8. The lowest BCUT2D eigenvalue weighted by molar-refractivity contribution is -0.159. The molecule has 1 rings (SSSR count). The van der Waals surface area contributed by atoms with Crippen molar-refractivity contribution in [2.45, 2.75) is 57.8 Å². The van der Waals surface area contributed by atoms with Crippen LogP contribution in [0.1, 0.15) is 40.5 Å². The second-order valence-corrected chi connectivity index (χ2v) is 5.93. The zero-order chi connectivity index (χ0) is 14.8. The van der Waals surface area contributed by atoms with Crippen molar-refractivity contribution < 1.29 is 23.5 Å². The second-order valence-electron chi connectivity index (χ2n) is 5.93. The summed E-state index contributed by atoms with van der Waals surface area (Å²) in [6.45, 7) is 7.15. The molecule has 0 unspecified atom stereocenters. The molecule has 0 radical (unpaired) electrons. The number of nitrogens with zero attached hydrogens (tertiary/aromatic N) is 1. The van der Waals surface area contributed by atoms with Crippen LogP contribution in [0, 0.1) is 0 Å². The van der Waals surface area contributed by atoms with Gasteiger partial charge in [-0.15, -0.1) is 0 Å². The van der Waals surface area contributed by atoms with E-state index in [-0.39, 0.29) is 19.4 Å². The number of carbonyl (C=O) groups excluding carboxylic acids is 2. The molecule has 19 heavy (non-hydrogen) atoms. The Bertz CT molecular complexity index is 366. The predicted molar refractivity (Wildman–Crippen MR) is 67.5 cm³/mol. The van der Waals surface area contributed by atoms with E-state index in [1.54, 1.807) is 27.7 Å². The van der Waals surface area contributed by atoms with E-state index in [0.29, 0.717) is 0 Å². The Labute approximate surface area is 113 Å². The van der Waals surface area contributed by atoms with Crippen molar-refractivity contribution in [3.05, 3.63) is 0 Å². The lowest BCUT2D eigenvalue weighted by Gasteiger charge is -2.39. The molecule has 0 N–H and O–H groups in total. The summed E-state index contributed by atoms with van der Waals surface area (Å²) in [5.41, 5.74) is -2.60. The molecule has 110 valence electrons. The van der Waals surface area contributed by atoms with Crippen LogP contribution in [-0.2, 0) is 14.3 Å². The zero-order valence-electron chi connectivity index (χ0n) is 12.2. The highest BCUT2D eigenvalue weighted by atomic mass is 19.1. The molecule has 0 aromatic heterocycles. The van der Waals surface area contributed by atoms with E-state index in [2.05, 4.69) is 4.74 Å². The molecule has 1 aliphatic heterocycles. The minimum absolute atomic E-state index is 0.0662. The smallest absolute Gasteiger partial charge is 0.410 e. The van der Waals surface area contributed by atoms with Gasteiger partial charge in [0.25, 0.3) is 0 Å². The minimum Gasteiger partial charge on any atom is -0.467 e. The SMILES string of the molecule is COC(=O)[C@]1(F)CCN(C(=O)OC(C)(C)C)[C@H](C)C1. The molecule has 2 atom stereocenters. The quantitative estimate of drug-likeness (QED) is 0.689. The summed E-state index contributed by atoms with van der Waals surface area (Å²) in [5, 5.41) is 0. The molecule has 1 fully saturated rings. The van der Waals surface area contributed by atoms with Crippen LogP contribution in [0.25, 0.3) is 0 Å². The molecule has 0 aromatic carbocycles. The van der Waals surface area contributed by atoms with Crippen LogP contribution >= 0.6 is 0 Å². The number of hydrogen-bond acceptors (Lipinski definition) is 4. The van der Waals surface area contributed by atoms with Crippen LogP contribution in [0.2, 0.25) is 0 Å². The van der Waals surface area contributed by atoms with Crippen molar-refractivity contribution in [3.63, 3.8) is 0 Å². The number of halogens is 1. The fourth-order valence-electron chi connectivity index (χ4n) is 2.16. The third-order valence-electron chi connectivity index (χ3n) is 3.08. The van der Waals surface area contributed by atoms with E-state index in [4.69, 9.17) is 4.74 Å². The maximum Gasteiger partial charge on any atom is 0.410 e. The van der Waals surface area contributed by atoms with Crippen LogP contribution in [-0.4, -0.2) is 47.9 Å². The summed E-state index contributed by atoms with van der Waals surface area (Å²) in [6.07, 6.45) is -0.616. The van der Waals surface area contributed by atoms with Gasteiger partial charge in [-0.25, -0.2) is 14.0 Å². The third kappa shape index (κ3) is 3.81. The molecule has 0 spiro atoms. The van der Waals surface area contributed by atoms with Gasteiger partial charge in [-0.05, 0) is 27.7 Å². The van der Waals surface area contributed by atoms with Crippen molar-refractivity contribution in [3.8, 4) is 0 Å². The number of likely N-dealkylation sites (tertiary alicyclic amines) is 1. The van der Waals surface area contributed by atoms with E-state index >= 15 is 0 Å². The van der Waals surface area contributed by atoms with Crippen LogP contribution < -0.4 is 0 Å². The van der Waals surface area contributed by atoms with E-state index < -0.39 is 29.4 Å². The molecule has 1 heterocycles. The van der Waals surface area contributed by atoms with Gasteiger partial charge in [-0.3, -0.25) is 0 Å². The normalized spacial score (nSPS) is 27.9. The summed E-state index contributed by atoms with van der Waals surface area (Å²) >= 11 is 0. The Morgan fingerprint density at radius 2 is 1.95 bits per heavy atom. The van der Waals surface area contributed by atoms with Gasteiger partial charge in [0, 0.05) is 25.4 Å². The van der Waals surface area contributed by atoms with Gasteiger partial charge >= 0.3 is 12.1 Å². The minimum atomic E-state index is -2.01. The van der Waals surface area contributed by atoms with Crippen molar-refractivity contribution in [1.29, 1.82) is 0 Å². The van der Waals surface area contributed by atoms with Gasteiger partial charge in [0.1, 0.15) is 5.60 Å². The summed E-state index contributed by atoms with van der Waals surface area (Å²) < 4.78 is 24.1. The molecule has 6 heteroatoms. The van der Waals surface area contributed by atoms with Gasteiger partial charge in [-0.1, -0.05) is 0 Å². The van der Waals surface area contributed by atoms with Crippen molar-refractivity contribution in [2.75, 3.05) is 13.7 Å². The first-order valence-corrected chi connectivity index (χ1v) is 6.36. The lowest BCUT2D eigenvalue weighted by atomic mass is 9.89. The lowest BCUT2D eigenvalue weighted by Crippen LogP contribution is -2.54. The van der Waals surface area contributed by atoms with Crippen molar-refractivity contribution in [2.24, 2.45) is 0 Å². The highest BCUT2D eigenvalue weighted by Crippen LogP contribution is 2.32. The van der Waals surface area contributed by atoms with Gasteiger partial charge in [0.15, 0.2) is 0 Å². The van der Waals surface area contributed by atoms with Gasteiger partial charge < -0.3 is 14.4 Å². The maximum atomic E-state index is 14.3. The third-order valence-corrected chi connectivity index (χ3v) is 3.08. The maximum absolute atomic E-state index is 14.3. The number of piperidine rings is 1. The van der Waals surface area contributed by atoms with E-state index in [1.165, 1.54) is 4.90 Å². The highest BCUT2D eigenvalue weighted by molar-refractivity contribution is 5.80. The number of esters is 1. The molecular weight excluding hydrogens is 253 g/mol. The number of methoxy groups -OCH3 is 1. The summed E-state index contributed by atoms with van der Waals surface area (Å²) in [6, 6.07) is -0.410. The largest absolute Gasteiger partial charge is 0.467 e. The Balaban J connectivity index is 2.70. The molecule has 0 bridgehead atoms.